The lowest BCUT2D eigenvalue weighted by molar-refractivity contribution is 0.0460. The van der Waals surface area contributed by atoms with E-state index in [0.717, 1.165) is 16.7 Å². The number of aromatic nitrogens is 1. The van der Waals surface area contributed by atoms with Gasteiger partial charge < -0.3 is 9.80 Å². The molecule has 5 nitrogen and oxygen atoms in total. The number of amides is 1. The van der Waals surface area contributed by atoms with Gasteiger partial charge in [0.1, 0.15) is 5.82 Å². The van der Waals surface area contributed by atoms with Crippen molar-refractivity contribution in [2.24, 2.45) is 0 Å². The molecule has 3 rings (SSSR count). The summed E-state index contributed by atoms with van der Waals surface area (Å²) >= 11 is 0. The van der Waals surface area contributed by atoms with Crippen molar-refractivity contribution >= 4 is 22.6 Å². The topological polar surface area (TPSA) is 39.7 Å². The standard InChI is InChI=1S/C18H22F2N4O/c1-22(2)17-11-14(13-5-3-4-6-15(13)21-17)18(25)24-9-7-23(8-10-24)12-16(19)20/h3-6,11,16H,7-10,12H2,1-2H3. The van der Waals surface area contributed by atoms with Gasteiger partial charge in [0, 0.05) is 45.7 Å². The van der Waals surface area contributed by atoms with E-state index in [2.05, 4.69) is 4.98 Å². The molecule has 0 radical (unpaired) electrons. The van der Waals surface area contributed by atoms with E-state index in [1.807, 2.05) is 43.3 Å². The lowest BCUT2D eigenvalue weighted by Gasteiger charge is -2.34. The monoisotopic (exact) mass is 348 g/mol. The summed E-state index contributed by atoms with van der Waals surface area (Å²) in [5.41, 5.74) is 1.38. The first-order valence-electron chi connectivity index (χ1n) is 8.32. The van der Waals surface area contributed by atoms with E-state index in [1.54, 1.807) is 15.9 Å². The smallest absolute Gasteiger partial charge is 0.254 e. The van der Waals surface area contributed by atoms with Gasteiger partial charge in [0.05, 0.1) is 17.6 Å². The van der Waals surface area contributed by atoms with Gasteiger partial charge in [-0.05, 0) is 12.1 Å². The van der Waals surface area contributed by atoms with Crippen LogP contribution in [-0.4, -0.2) is 73.9 Å². The molecule has 7 heteroatoms. The summed E-state index contributed by atoms with van der Waals surface area (Å²) in [7, 11) is 3.77. The maximum atomic E-state index is 13.0. The summed E-state index contributed by atoms with van der Waals surface area (Å²) in [6, 6.07) is 9.36. The van der Waals surface area contributed by atoms with Crippen LogP contribution in [0, 0.1) is 0 Å². The van der Waals surface area contributed by atoms with Crippen molar-refractivity contribution in [3.63, 3.8) is 0 Å². The SMILES string of the molecule is CN(C)c1cc(C(=O)N2CCN(CC(F)F)CC2)c2ccccc2n1. The summed E-state index contributed by atoms with van der Waals surface area (Å²) in [5.74, 6) is 0.650. The van der Waals surface area contributed by atoms with Crippen molar-refractivity contribution in [2.45, 2.75) is 6.43 Å². The van der Waals surface area contributed by atoms with Gasteiger partial charge in [-0.1, -0.05) is 18.2 Å². The highest BCUT2D eigenvalue weighted by Gasteiger charge is 2.25. The van der Waals surface area contributed by atoms with Gasteiger partial charge in [0.2, 0.25) is 0 Å². The quantitative estimate of drug-likeness (QED) is 0.850. The molecule has 1 aliphatic rings. The Morgan fingerprint density at radius 3 is 2.52 bits per heavy atom. The minimum Gasteiger partial charge on any atom is -0.363 e. The second kappa shape index (κ2) is 7.31. The number of halogens is 2. The zero-order valence-electron chi connectivity index (χ0n) is 14.5. The molecule has 0 bridgehead atoms. The van der Waals surface area contributed by atoms with Crippen LogP contribution in [0.3, 0.4) is 0 Å². The third-order valence-electron chi connectivity index (χ3n) is 4.45. The van der Waals surface area contributed by atoms with E-state index in [1.165, 1.54) is 0 Å². The Labute approximate surface area is 145 Å². The molecule has 2 aromatic rings. The molecular weight excluding hydrogens is 326 g/mol. The number of carbonyl (C=O) groups is 1. The normalized spacial score (nSPS) is 15.8. The second-order valence-corrected chi connectivity index (χ2v) is 6.42. The highest BCUT2D eigenvalue weighted by molar-refractivity contribution is 6.07. The summed E-state index contributed by atoms with van der Waals surface area (Å²) in [6.45, 7) is 1.63. The molecule has 1 saturated heterocycles. The fourth-order valence-corrected chi connectivity index (χ4v) is 3.07. The Hall–Kier alpha value is -2.28. The second-order valence-electron chi connectivity index (χ2n) is 6.42. The van der Waals surface area contributed by atoms with Crippen molar-refractivity contribution in [3.8, 4) is 0 Å². The van der Waals surface area contributed by atoms with Crippen LogP contribution in [0.1, 0.15) is 10.4 Å². The van der Waals surface area contributed by atoms with Crippen molar-refractivity contribution in [2.75, 3.05) is 51.7 Å². The average Bonchev–Trinajstić information content (AvgIpc) is 2.60. The number of fused-ring (bicyclic) bond motifs is 1. The van der Waals surface area contributed by atoms with E-state index in [0.29, 0.717) is 31.7 Å². The minimum atomic E-state index is -2.34. The molecule has 1 fully saturated rings. The molecule has 0 aliphatic carbocycles. The van der Waals surface area contributed by atoms with E-state index in [-0.39, 0.29) is 12.5 Å². The van der Waals surface area contributed by atoms with Gasteiger partial charge >= 0.3 is 0 Å². The molecule has 1 amide bonds. The van der Waals surface area contributed by atoms with Crippen molar-refractivity contribution in [1.29, 1.82) is 0 Å². The first-order valence-corrected chi connectivity index (χ1v) is 8.32. The molecule has 0 atom stereocenters. The average molecular weight is 348 g/mol. The number of benzene rings is 1. The Balaban J connectivity index is 1.85. The molecule has 1 aromatic heterocycles. The number of carbonyl (C=O) groups excluding carboxylic acids is 1. The molecule has 2 heterocycles. The molecule has 1 aliphatic heterocycles. The van der Waals surface area contributed by atoms with Crippen LogP contribution in [0.15, 0.2) is 30.3 Å². The number of anilines is 1. The van der Waals surface area contributed by atoms with E-state index >= 15 is 0 Å². The molecule has 0 unspecified atom stereocenters. The van der Waals surface area contributed by atoms with Crippen molar-refractivity contribution in [3.05, 3.63) is 35.9 Å². The predicted molar refractivity (Wildman–Crippen MR) is 94.4 cm³/mol. The molecule has 0 spiro atoms. The lowest BCUT2D eigenvalue weighted by Crippen LogP contribution is -2.49. The van der Waals surface area contributed by atoms with Gasteiger partial charge in [0.25, 0.3) is 12.3 Å². The molecule has 0 N–H and O–H groups in total. The third kappa shape index (κ3) is 3.87. The zero-order chi connectivity index (χ0) is 18.0. The summed E-state index contributed by atoms with van der Waals surface area (Å²) < 4.78 is 25.0. The molecule has 134 valence electrons. The summed E-state index contributed by atoms with van der Waals surface area (Å²) in [5, 5.41) is 0.813. The van der Waals surface area contributed by atoms with Crippen LogP contribution in [0.5, 0.6) is 0 Å². The molecule has 25 heavy (non-hydrogen) atoms. The highest BCUT2D eigenvalue weighted by atomic mass is 19.3. The molecule has 0 saturated carbocycles. The molecule has 1 aromatic carbocycles. The van der Waals surface area contributed by atoms with Gasteiger partial charge in [0.15, 0.2) is 0 Å². The first-order chi connectivity index (χ1) is 12.0. The number of hydrogen-bond acceptors (Lipinski definition) is 4. The number of piperazine rings is 1. The van der Waals surface area contributed by atoms with Crippen LogP contribution >= 0.6 is 0 Å². The third-order valence-corrected chi connectivity index (χ3v) is 4.45. The fraction of sp³-hybridized carbons (Fsp3) is 0.444. The van der Waals surface area contributed by atoms with Crippen LogP contribution in [0.2, 0.25) is 0 Å². The Kier molecular flexibility index (Phi) is 5.13. The zero-order valence-corrected chi connectivity index (χ0v) is 14.5. The van der Waals surface area contributed by atoms with E-state index < -0.39 is 6.43 Å². The maximum Gasteiger partial charge on any atom is 0.254 e. The lowest BCUT2D eigenvalue weighted by atomic mass is 10.1. The van der Waals surface area contributed by atoms with E-state index in [4.69, 9.17) is 0 Å². The fourth-order valence-electron chi connectivity index (χ4n) is 3.07. The first kappa shape index (κ1) is 17.5. The number of alkyl halides is 2. The summed E-state index contributed by atoms with van der Waals surface area (Å²) in [4.78, 5) is 22.9. The van der Waals surface area contributed by atoms with Gasteiger partial charge in [-0.25, -0.2) is 13.8 Å². The van der Waals surface area contributed by atoms with Crippen LogP contribution in [-0.2, 0) is 0 Å². The highest BCUT2D eigenvalue weighted by Crippen LogP contribution is 2.24. The Bertz CT molecular complexity index is 758. The Morgan fingerprint density at radius 1 is 1.20 bits per heavy atom. The minimum absolute atomic E-state index is 0.0709. The number of para-hydroxylation sites is 1. The number of nitrogens with zero attached hydrogens (tertiary/aromatic N) is 4. The summed E-state index contributed by atoms with van der Waals surface area (Å²) in [6.07, 6.45) is -2.34. The van der Waals surface area contributed by atoms with Crippen LogP contribution in [0.4, 0.5) is 14.6 Å². The number of hydrogen-bond donors (Lipinski definition) is 0. The maximum absolute atomic E-state index is 13.0. The van der Waals surface area contributed by atoms with Gasteiger partial charge in [-0.2, -0.15) is 0 Å². The predicted octanol–water partition coefficient (Wildman–Crippen LogP) is 2.32. The van der Waals surface area contributed by atoms with Crippen molar-refractivity contribution in [1.82, 2.24) is 14.8 Å². The van der Waals surface area contributed by atoms with Crippen LogP contribution in [0.25, 0.3) is 10.9 Å². The van der Waals surface area contributed by atoms with Gasteiger partial charge in [-0.3, -0.25) is 9.69 Å². The molecular formula is C18H22F2N4O. The van der Waals surface area contributed by atoms with Gasteiger partial charge in [-0.15, -0.1) is 0 Å². The largest absolute Gasteiger partial charge is 0.363 e. The van der Waals surface area contributed by atoms with E-state index in [9.17, 15) is 13.6 Å². The van der Waals surface area contributed by atoms with Crippen molar-refractivity contribution < 1.29 is 13.6 Å². The number of pyridine rings is 1. The van der Waals surface area contributed by atoms with Crippen LogP contribution < -0.4 is 4.90 Å². The Morgan fingerprint density at radius 2 is 1.88 bits per heavy atom. The number of rotatable bonds is 4.